The third-order valence-corrected chi connectivity index (χ3v) is 3.46. The van der Waals surface area contributed by atoms with Crippen molar-refractivity contribution < 1.29 is 18.9 Å². The molecule has 2 N–H and O–H groups in total. The van der Waals surface area contributed by atoms with E-state index < -0.39 is 22.7 Å². The molecule has 0 spiro atoms. The van der Waals surface area contributed by atoms with E-state index in [0.29, 0.717) is 6.54 Å². The highest BCUT2D eigenvalue weighted by Crippen LogP contribution is 1.98. The van der Waals surface area contributed by atoms with Gasteiger partial charge < -0.3 is 10.4 Å². The van der Waals surface area contributed by atoms with Crippen molar-refractivity contribution in [2.75, 3.05) is 18.1 Å². The summed E-state index contributed by atoms with van der Waals surface area (Å²) in [5.41, 5.74) is 0. The van der Waals surface area contributed by atoms with Gasteiger partial charge in [0.1, 0.15) is 5.75 Å². The Hall–Kier alpha value is -0.910. The first-order valence-corrected chi connectivity index (χ1v) is 6.80. The SMILES string of the molecule is CCCCNC(=O)CS(=O)CC(C)C(=O)O. The first kappa shape index (κ1) is 15.1. The van der Waals surface area contributed by atoms with Gasteiger partial charge in [-0.25, -0.2) is 0 Å². The van der Waals surface area contributed by atoms with Crippen LogP contribution in [0.5, 0.6) is 0 Å². The maximum atomic E-state index is 11.4. The number of amides is 1. The molecule has 0 aliphatic heterocycles. The van der Waals surface area contributed by atoms with E-state index >= 15 is 0 Å². The number of aliphatic carboxylic acids is 1. The van der Waals surface area contributed by atoms with Crippen molar-refractivity contribution in [1.82, 2.24) is 5.32 Å². The minimum atomic E-state index is -1.40. The molecule has 0 aromatic heterocycles. The number of carbonyl (C=O) groups excluding carboxylic acids is 1. The van der Waals surface area contributed by atoms with Gasteiger partial charge in [-0.05, 0) is 6.42 Å². The first-order chi connectivity index (χ1) is 7.47. The van der Waals surface area contributed by atoms with Crippen LogP contribution < -0.4 is 5.32 Å². The lowest BCUT2D eigenvalue weighted by molar-refractivity contribution is -0.140. The second kappa shape index (κ2) is 8.27. The van der Waals surface area contributed by atoms with E-state index in [2.05, 4.69) is 5.32 Å². The zero-order valence-corrected chi connectivity index (χ0v) is 10.5. The Bertz CT molecular complexity index is 268. The fourth-order valence-corrected chi connectivity index (χ4v) is 2.22. The third-order valence-electron chi connectivity index (χ3n) is 2.00. The number of unbranched alkanes of at least 4 members (excludes halogenated alkanes) is 1. The van der Waals surface area contributed by atoms with Crippen LogP contribution in [-0.2, 0) is 20.4 Å². The van der Waals surface area contributed by atoms with Crippen LogP contribution in [0.25, 0.3) is 0 Å². The van der Waals surface area contributed by atoms with E-state index in [1.807, 2.05) is 6.92 Å². The average molecular weight is 249 g/mol. The maximum absolute atomic E-state index is 11.4. The third kappa shape index (κ3) is 7.39. The average Bonchev–Trinajstić information content (AvgIpc) is 2.17. The molecule has 0 radical (unpaired) electrons. The van der Waals surface area contributed by atoms with Gasteiger partial charge in [0.25, 0.3) is 0 Å². The summed E-state index contributed by atoms with van der Waals surface area (Å²) in [6.45, 7) is 4.08. The van der Waals surface area contributed by atoms with Gasteiger partial charge in [-0.3, -0.25) is 13.8 Å². The Balaban J connectivity index is 3.78. The summed E-state index contributed by atoms with van der Waals surface area (Å²) in [4.78, 5) is 21.7. The monoisotopic (exact) mass is 249 g/mol. The molecule has 0 heterocycles. The standard InChI is InChI=1S/C10H19NO4S/c1-3-4-5-11-9(12)7-16(15)6-8(2)10(13)14/h8H,3-7H2,1-2H3,(H,11,12)(H,13,14). The van der Waals surface area contributed by atoms with Gasteiger partial charge in [0, 0.05) is 23.1 Å². The Morgan fingerprint density at radius 1 is 1.44 bits per heavy atom. The molecule has 94 valence electrons. The van der Waals surface area contributed by atoms with Gasteiger partial charge in [0.05, 0.1) is 5.92 Å². The first-order valence-electron chi connectivity index (χ1n) is 5.31. The van der Waals surface area contributed by atoms with E-state index in [-0.39, 0.29) is 17.4 Å². The van der Waals surface area contributed by atoms with Crippen LogP contribution in [0, 0.1) is 5.92 Å². The van der Waals surface area contributed by atoms with Gasteiger partial charge >= 0.3 is 5.97 Å². The number of hydrogen-bond acceptors (Lipinski definition) is 3. The molecule has 6 heteroatoms. The van der Waals surface area contributed by atoms with Crippen molar-refractivity contribution in [3.8, 4) is 0 Å². The van der Waals surface area contributed by atoms with Crippen LogP contribution >= 0.6 is 0 Å². The number of nitrogens with one attached hydrogen (secondary N) is 1. The molecule has 0 aromatic rings. The van der Waals surface area contributed by atoms with Crippen LogP contribution in [0.3, 0.4) is 0 Å². The zero-order chi connectivity index (χ0) is 12.6. The Kier molecular flexibility index (Phi) is 7.80. The fourth-order valence-electron chi connectivity index (χ4n) is 1.01. The molecule has 0 saturated heterocycles. The topological polar surface area (TPSA) is 83.5 Å². The van der Waals surface area contributed by atoms with E-state index in [1.165, 1.54) is 6.92 Å². The molecule has 0 bridgehead atoms. The molecule has 0 aromatic carbocycles. The van der Waals surface area contributed by atoms with E-state index in [1.54, 1.807) is 0 Å². The molecule has 2 atom stereocenters. The van der Waals surface area contributed by atoms with Crippen molar-refractivity contribution in [3.05, 3.63) is 0 Å². The lowest BCUT2D eigenvalue weighted by atomic mass is 10.2. The molecule has 0 saturated carbocycles. The molecule has 16 heavy (non-hydrogen) atoms. The highest BCUT2D eigenvalue weighted by Gasteiger charge is 2.16. The highest BCUT2D eigenvalue weighted by atomic mass is 32.2. The predicted molar refractivity (Wildman–Crippen MR) is 62.6 cm³/mol. The van der Waals surface area contributed by atoms with Crippen LogP contribution in [0.1, 0.15) is 26.7 Å². The summed E-state index contributed by atoms with van der Waals surface area (Å²) in [7, 11) is -1.40. The number of hydrogen-bond donors (Lipinski definition) is 2. The number of carbonyl (C=O) groups is 2. The number of carboxylic acids is 1. The molecule has 2 unspecified atom stereocenters. The Morgan fingerprint density at radius 2 is 2.06 bits per heavy atom. The van der Waals surface area contributed by atoms with E-state index in [9.17, 15) is 13.8 Å². The molecule has 0 aliphatic carbocycles. The second-order valence-electron chi connectivity index (χ2n) is 3.69. The molecule has 0 aliphatic rings. The minimum absolute atomic E-state index is 0.0243. The van der Waals surface area contributed by atoms with Crippen LogP contribution in [0.4, 0.5) is 0 Å². The van der Waals surface area contributed by atoms with E-state index in [4.69, 9.17) is 5.11 Å². The largest absolute Gasteiger partial charge is 0.481 e. The Morgan fingerprint density at radius 3 is 2.56 bits per heavy atom. The van der Waals surface area contributed by atoms with Crippen LogP contribution in [0.15, 0.2) is 0 Å². The van der Waals surface area contributed by atoms with Gasteiger partial charge in [0.2, 0.25) is 5.91 Å². The smallest absolute Gasteiger partial charge is 0.307 e. The molecule has 0 fully saturated rings. The summed E-state index contributed by atoms with van der Waals surface area (Å²) in [5, 5.41) is 11.2. The Labute approximate surface area is 98.1 Å². The summed E-state index contributed by atoms with van der Waals surface area (Å²) in [6, 6.07) is 0. The predicted octanol–water partition coefficient (Wildman–Crippen LogP) is 0.372. The van der Waals surface area contributed by atoms with Crippen LogP contribution in [0.2, 0.25) is 0 Å². The van der Waals surface area contributed by atoms with Crippen molar-refractivity contribution in [2.24, 2.45) is 5.92 Å². The molecular weight excluding hydrogens is 230 g/mol. The van der Waals surface area contributed by atoms with Gasteiger partial charge in [-0.2, -0.15) is 0 Å². The molecule has 5 nitrogen and oxygen atoms in total. The fraction of sp³-hybridized carbons (Fsp3) is 0.800. The van der Waals surface area contributed by atoms with Gasteiger partial charge in [0.15, 0.2) is 0 Å². The lowest BCUT2D eigenvalue weighted by Crippen LogP contribution is -2.31. The van der Waals surface area contributed by atoms with Crippen molar-refractivity contribution in [2.45, 2.75) is 26.7 Å². The normalized spacial score (nSPS) is 14.1. The lowest BCUT2D eigenvalue weighted by Gasteiger charge is -2.06. The summed E-state index contributed by atoms with van der Waals surface area (Å²) >= 11 is 0. The van der Waals surface area contributed by atoms with Crippen molar-refractivity contribution in [1.29, 1.82) is 0 Å². The number of carboxylic acid groups (broad SMARTS) is 1. The molecular formula is C10H19NO4S. The molecule has 1 amide bonds. The number of rotatable bonds is 8. The van der Waals surface area contributed by atoms with Crippen molar-refractivity contribution in [3.63, 3.8) is 0 Å². The minimum Gasteiger partial charge on any atom is -0.481 e. The second-order valence-corrected chi connectivity index (χ2v) is 5.20. The van der Waals surface area contributed by atoms with Gasteiger partial charge in [-0.15, -0.1) is 0 Å². The van der Waals surface area contributed by atoms with Gasteiger partial charge in [-0.1, -0.05) is 20.3 Å². The quantitative estimate of drug-likeness (QED) is 0.609. The van der Waals surface area contributed by atoms with E-state index in [0.717, 1.165) is 12.8 Å². The van der Waals surface area contributed by atoms with Crippen molar-refractivity contribution >= 4 is 22.7 Å². The van der Waals surface area contributed by atoms with Crippen LogP contribution in [-0.4, -0.2) is 39.2 Å². The highest BCUT2D eigenvalue weighted by molar-refractivity contribution is 7.85. The summed E-state index contributed by atoms with van der Waals surface area (Å²) < 4.78 is 11.4. The summed E-state index contributed by atoms with van der Waals surface area (Å²) in [5.74, 6) is -2.02. The summed E-state index contributed by atoms with van der Waals surface area (Å²) in [6.07, 6.45) is 1.88. The maximum Gasteiger partial charge on any atom is 0.307 e. The zero-order valence-electron chi connectivity index (χ0n) is 9.69. The molecule has 0 rings (SSSR count).